The van der Waals surface area contributed by atoms with Gasteiger partial charge in [-0.2, -0.15) is 0 Å². The van der Waals surface area contributed by atoms with E-state index in [4.69, 9.17) is 37.9 Å². The highest BCUT2D eigenvalue weighted by molar-refractivity contribution is 7.31. The molecular weight excluding hydrogens is 1880 g/mol. The van der Waals surface area contributed by atoms with Gasteiger partial charge in [0.15, 0.2) is 23.0 Å². The van der Waals surface area contributed by atoms with Crippen LogP contribution in [0.4, 0.5) is 0 Å². The summed E-state index contributed by atoms with van der Waals surface area (Å²) in [5.41, 5.74) is 0.884. The van der Waals surface area contributed by atoms with Gasteiger partial charge in [0.2, 0.25) is 11.5 Å². The highest BCUT2D eigenvalue weighted by Crippen LogP contribution is 2.50. The lowest BCUT2D eigenvalue weighted by Gasteiger charge is -2.19. The van der Waals surface area contributed by atoms with Gasteiger partial charge in [0.1, 0.15) is 0 Å². The first-order chi connectivity index (χ1) is 69.1. The molecule has 8 aromatic heterocycles. The quantitative estimate of drug-likeness (QED) is 0.0270. The first kappa shape index (κ1) is 116. The van der Waals surface area contributed by atoms with Crippen molar-refractivity contribution in [2.45, 2.75) is 440 Å². The van der Waals surface area contributed by atoms with Crippen molar-refractivity contribution in [1.29, 1.82) is 0 Å². The van der Waals surface area contributed by atoms with E-state index in [2.05, 4.69) is 139 Å². The van der Waals surface area contributed by atoms with Crippen LogP contribution in [0.5, 0.6) is 34.5 Å². The van der Waals surface area contributed by atoms with E-state index in [1.54, 1.807) is 22.7 Å². The number of hydrogen-bond acceptors (Lipinski definition) is 18. The van der Waals surface area contributed by atoms with Gasteiger partial charge in [-0.05, 0) is 160 Å². The van der Waals surface area contributed by atoms with Gasteiger partial charge in [0.25, 0.3) is 0 Å². The van der Waals surface area contributed by atoms with Gasteiger partial charge >= 0.3 is 11.9 Å². The second-order valence-corrected chi connectivity index (χ2v) is 47.9. The molecule has 774 valence electrons. The Hall–Kier alpha value is -6.22. The summed E-state index contributed by atoms with van der Waals surface area (Å²) in [6.45, 7) is 17.7. The molecular formula is C122H178O10S8. The fourth-order valence-electron chi connectivity index (χ4n) is 18.3. The molecule has 0 saturated heterocycles. The standard InChI is InChI=1S/C122H178O10S8/c1-7-13-19-25-31-37-43-49-55-61-85-125-101-93-97(94-102(126-86-62-56-50-44-38-32-26-20-14-8-2)119(101)129-89-65-59-53-47-41-35-29-23-17-11-5)121(123)131-91-83-99-67-69-105(133-99)107-71-73-109(135-107)111-75-77-113(137-111)115-79-81-117(139-115)118-82-80-116(140-118)114-78-76-112(138-114)110-74-72-108(136-110)106-70-68-100(134-106)84-92-132-122(124)98-95-103(127-87-63-57-51-45-39-33-27-21-15-9-3)120(130-90-66-60-54-48-42-36-30-24-18-12-6)104(96-98)128-88-64-58-52-46-40-34-28-22-16-10-4/h67-82,93-96H,7-66,83-92H2,1-6H3. The normalized spacial score (nSPS) is 11.6. The Kier molecular flexibility index (Phi) is 60.3. The third-order valence-corrected chi connectivity index (χ3v) is 37.0. The molecule has 10 rings (SSSR count). The summed E-state index contributed by atoms with van der Waals surface area (Å²) in [7, 11) is 0. The monoisotopic (exact) mass is 2060 g/mol. The number of unbranched alkanes of at least 4 members (excludes halogenated alkanes) is 54. The Labute approximate surface area is 880 Å². The molecule has 0 atom stereocenters. The van der Waals surface area contributed by atoms with E-state index >= 15 is 0 Å². The van der Waals surface area contributed by atoms with E-state index in [1.807, 2.05) is 92.3 Å². The number of carbonyl (C=O) groups excluding carboxylic acids is 2. The lowest BCUT2D eigenvalue weighted by Crippen LogP contribution is -2.11. The molecule has 0 N–H and O–H groups in total. The second-order valence-electron chi connectivity index (χ2n) is 39.1. The molecule has 0 amide bonds. The van der Waals surface area contributed by atoms with E-state index in [0.717, 1.165) is 77.0 Å². The molecule has 0 aliphatic carbocycles. The van der Waals surface area contributed by atoms with Crippen LogP contribution in [0, 0.1) is 0 Å². The maximum absolute atomic E-state index is 14.3. The van der Waals surface area contributed by atoms with Crippen LogP contribution in [0.2, 0.25) is 0 Å². The molecule has 10 nitrogen and oxygen atoms in total. The van der Waals surface area contributed by atoms with Crippen molar-refractivity contribution < 1.29 is 47.5 Å². The van der Waals surface area contributed by atoms with Gasteiger partial charge in [-0.1, -0.05) is 388 Å². The Bertz CT molecular complexity index is 4450. The third kappa shape index (κ3) is 45.0. The number of rotatable bonds is 87. The molecule has 0 fully saturated rings. The van der Waals surface area contributed by atoms with Crippen LogP contribution in [0.1, 0.15) is 457 Å². The fraction of sp³-hybridized carbons (Fsp3) is 0.623. The van der Waals surface area contributed by atoms with Crippen LogP contribution in [0.3, 0.4) is 0 Å². The SMILES string of the molecule is CCCCCCCCCCCCOc1cc(C(=O)OCCc2ccc(-c3ccc(-c4ccc(-c5ccc(-c6ccc(-c7ccc(-c8ccc(-c9ccc(CCOC(=O)c%10cc(OCCCCCCCCCCCC)c(OCCCCCCCCCCCC)c(OCCCCCCCCCCCC)c%10)s9)s8)s7)s6)s5)s4)s3)s2)cc(OCCCCCCCCCCCC)c1OCCCCCCCCCCCC. The molecule has 140 heavy (non-hydrogen) atoms. The van der Waals surface area contributed by atoms with Gasteiger partial charge in [0, 0.05) is 90.9 Å². The zero-order valence-electron chi connectivity index (χ0n) is 87.4. The van der Waals surface area contributed by atoms with Gasteiger partial charge < -0.3 is 37.9 Å². The van der Waals surface area contributed by atoms with E-state index in [-0.39, 0.29) is 25.2 Å². The number of esters is 2. The molecule has 18 heteroatoms. The predicted octanol–water partition coefficient (Wildman–Crippen LogP) is 42.4. The summed E-state index contributed by atoms with van der Waals surface area (Å²) in [5, 5.41) is 0. The Morgan fingerprint density at radius 3 is 0.507 bits per heavy atom. The lowest BCUT2D eigenvalue weighted by atomic mass is 10.1. The summed E-state index contributed by atoms with van der Waals surface area (Å²) < 4.78 is 52.2. The molecule has 0 spiro atoms. The van der Waals surface area contributed by atoms with Crippen molar-refractivity contribution in [1.82, 2.24) is 0 Å². The maximum Gasteiger partial charge on any atom is 0.338 e. The van der Waals surface area contributed by atoms with Crippen molar-refractivity contribution >= 4 is 103 Å². The van der Waals surface area contributed by atoms with Crippen LogP contribution in [0.15, 0.2) is 121 Å². The average molecular weight is 2060 g/mol. The topological polar surface area (TPSA) is 108 Å². The summed E-state index contributed by atoms with van der Waals surface area (Å²) in [5.74, 6) is 2.85. The lowest BCUT2D eigenvalue weighted by molar-refractivity contribution is 0.0499. The fourth-order valence-corrected chi connectivity index (χ4v) is 26.9. The van der Waals surface area contributed by atoms with Crippen molar-refractivity contribution in [3.05, 3.63) is 142 Å². The summed E-state index contributed by atoms with van der Waals surface area (Å²) in [4.78, 5) is 48.5. The van der Waals surface area contributed by atoms with Crippen molar-refractivity contribution in [2.75, 3.05) is 52.9 Å². The summed E-state index contributed by atoms with van der Waals surface area (Å²) in [6.07, 6.45) is 76.6. The first-order valence-corrected chi connectivity index (χ1v) is 62.9. The second kappa shape index (κ2) is 73.0. The largest absolute Gasteiger partial charge is 0.490 e. The van der Waals surface area contributed by atoms with Gasteiger partial charge in [-0.25, -0.2) is 9.59 Å². The van der Waals surface area contributed by atoms with E-state index in [0.29, 0.717) is 98.1 Å². The molecule has 8 heterocycles. The highest BCUT2D eigenvalue weighted by Gasteiger charge is 2.25. The minimum atomic E-state index is -0.369. The molecule has 2 aromatic carbocycles. The molecule has 0 unspecified atom stereocenters. The van der Waals surface area contributed by atoms with Crippen molar-refractivity contribution in [3.63, 3.8) is 0 Å². The van der Waals surface area contributed by atoms with Crippen LogP contribution >= 0.6 is 90.7 Å². The molecule has 0 saturated carbocycles. The number of thiophene rings is 8. The van der Waals surface area contributed by atoms with E-state index in [9.17, 15) is 9.59 Å². The minimum absolute atomic E-state index is 0.271. The van der Waals surface area contributed by atoms with Crippen molar-refractivity contribution in [2.24, 2.45) is 0 Å². The summed E-state index contributed by atoms with van der Waals surface area (Å²) in [6, 6.07) is 43.6. The zero-order valence-corrected chi connectivity index (χ0v) is 93.9. The molecule has 10 aromatic rings. The smallest absolute Gasteiger partial charge is 0.338 e. The number of benzene rings is 2. The zero-order chi connectivity index (χ0) is 98.0. The van der Waals surface area contributed by atoms with Crippen LogP contribution in [-0.4, -0.2) is 64.8 Å². The van der Waals surface area contributed by atoms with E-state index in [1.165, 1.54) is 386 Å². The van der Waals surface area contributed by atoms with Crippen molar-refractivity contribution in [3.8, 4) is 103 Å². The predicted molar refractivity (Wildman–Crippen MR) is 612 cm³/mol. The summed E-state index contributed by atoms with van der Waals surface area (Å²) >= 11 is 14.7. The molecule has 0 aliphatic heterocycles. The van der Waals surface area contributed by atoms with Gasteiger partial charge in [-0.3, -0.25) is 0 Å². The molecule has 0 radical (unpaired) electrons. The van der Waals surface area contributed by atoms with Crippen LogP contribution in [-0.2, 0) is 22.3 Å². The van der Waals surface area contributed by atoms with Gasteiger partial charge in [0.05, 0.1) is 64.0 Å². The number of ether oxygens (including phenoxy) is 8. The Morgan fingerprint density at radius 1 is 0.179 bits per heavy atom. The Balaban J connectivity index is 0.706. The Morgan fingerprint density at radius 2 is 0.329 bits per heavy atom. The molecule has 0 bridgehead atoms. The maximum atomic E-state index is 14.3. The molecule has 0 aliphatic rings. The number of carbonyl (C=O) groups is 2. The third-order valence-electron chi connectivity index (χ3n) is 26.8. The average Bonchev–Trinajstić information content (AvgIpc) is 1.63. The first-order valence-electron chi connectivity index (χ1n) is 56.4. The minimum Gasteiger partial charge on any atom is -0.490 e. The van der Waals surface area contributed by atoms with E-state index < -0.39 is 0 Å². The highest BCUT2D eigenvalue weighted by atomic mass is 32.1. The number of hydrogen-bond donors (Lipinski definition) is 0. The van der Waals surface area contributed by atoms with Crippen LogP contribution < -0.4 is 28.4 Å². The van der Waals surface area contributed by atoms with Crippen LogP contribution in [0.25, 0.3) is 68.3 Å². The van der Waals surface area contributed by atoms with Gasteiger partial charge in [-0.15, -0.1) is 90.7 Å².